The Hall–Kier alpha value is -3.37. The first-order valence-electron chi connectivity index (χ1n) is 7.34. The van der Waals surface area contributed by atoms with Crippen LogP contribution in [0.5, 0.6) is 0 Å². The Morgan fingerprint density at radius 1 is 1.08 bits per heavy atom. The van der Waals surface area contributed by atoms with Crippen LogP contribution in [0.1, 0.15) is 23.5 Å². The predicted octanol–water partition coefficient (Wildman–Crippen LogP) is 2.72. The van der Waals surface area contributed by atoms with Crippen molar-refractivity contribution < 1.29 is 17.6 Å². The van der Waals surface area contributed by atoms with E-state index in [9.17, 15) is 17.6 Å². The molecule has 4 aromatic rings. The zero-order chi connectivity index (χ0) is 18.3. The van der Waals surface area contributed by atoms with E-state index in [4.69, 9.17) is 0 Å². The van der Waals surface area contributed by atoms with Gasteiger partial charge < -0.3 is 0 Å². The van der Waals surface area contributed by atoms with E-state index in [-0.39, 0.29) is 17.9 Å². The van der Waals surface area contributed by atoms with Crippen LogP contribution in [0.15, 0.2) is 30.7 Å². The second-order valence-electron chi connectivity index (χ2n) is 5.40. The van der Waals surface area contributed by atoms with Crippen LogP contribution in [0.2, 0.25) is 0 Å². The maximum absolute atomic E-state index is 13.4. The minimum atomic E-state index is -2.80. The summed E-state index contributed by atoms with van der Waals surface area (Å²) in [7, 11) is 0. The van der Waals surface area contributed by atoms with Gasteiger partial charge in [-0.15, -0.1) is 0 Å². The highest BCUT2D eigenvalue weighted by Gasteiger charge is 2.17. The topological polar surface area (TPSA) is 84.7 Å². The predicted molar refractivity (Wildman–Crippen MR) is 80.3 cm³/mol. The first kappa shape index (κ1) is 16.1. The van der Waals surface area contributed by atoms with Gasteiger partial charge in [0.25, 0.3) is 6.43 Å². The van der Waals surface area contributed by atoms with Crippen molar-refractivity contribution in [3.05, 3.63) is 59.4 Å². The van der Waals surface area contributed by atoms with Crippen LogP contribution in [0.4, 0.5) is 17.6 Å². The van der Waals surface area contributed by atoms with E-state index in [2.05, 4.69) is 30.2 Å². The molecule has 0 aliphatic carbocycles. The number of hydrogen-bond acceptors (Lipinski definition) is 5. The van der Waals surface area contributed by atoms with E-state index < -0.39 is 23.9 Å². The normalized spacial score (nSPS) is 11.6. The van der Waals surface area contributed by atoms with Gasteiger partial charge >= 0.3 is 0 Å². The summed E-state index contributed by atoms with van der Waals surface area (Å²) in [6.07, 6.45) is -0.0483. The maximum atomic E-state index is 13.4. The van der Waals surface area contributed by atoms with Gasteiger partial charge in [0.1, 0.15) is 23.7 Å². The molecule has 11 heteroatoms. The second kappa shape index (κ2) is 6.17. The van der Waals surface area contributed by atoms with Crippen molar-refractivity contribution in [2.24, 2.45) is 0 Å². The molecule has 0 bridgehead atoms. The number of hydrogen-bond donors (Lipinski definition) is 1. The number of rotatable bonds is 4. The standard InChI is InChI=1S/C15H9F4N7/c16-8-1-7(2-9(17)4-8)3-10-15-20-6-21-26(15)5-11(22-10)13-23-14(12(18)19)25-24-13/h1-2,4-6,12H,3H2,(H,23,24,25). The van der Waals surface area contributed by atoms with Crippen LogP contribution in [-0.2, 0) is 6.42 Å². The van der Waals surface area contributed by atoms with Gasteiger partial charge in [-0.25, -0.2) is 37.0 Å². The SMILES string of the molecule is Fc1cc(F)cc(Cc2nc(-c3n[nH]c(C(F)F)n3)cn3ncnc23)c1. The minimum Gasteiger partial charge on any atom is -0.258 e. The van der Waals surface area contributed by atoms with Gasteiger partial charge in [-0.05, 0) is 17.7 Å². The summed E-state index contributed by atoms with van der Waals surface area (Å²) in [5.74, 6) is -2.08. The van der Waals surface area contributed by atoms with Crippen LogP contribution in [0.3, 0.4) is 0 Å². The highest BCUT2D eigenvalue weighted by Crippen LogP contribution is 2.21. The van der Waals surface area contributed by atoms with Gasteiger partial charge in [0.2, 0.25) is 5.82 Å². The van der Waals surface area contributed by atoms with Gasteiger partial charge in [0.05, 0.1) is 11.9 Å². The Morgan fingerprint density at radius 3 is 2.54 bits per heavy atom. The number of nitrogens with one attached hydrogen (secondary N) is 1. The molecular formula is C15H9F4N7. The van der Waals surface area contributed by atoms with Gasteiger partial charge in [-0.3, -0.25) is 5.10 Å². The first-order valence-corrected chi connectivity index (χ1v) is 7.34. The van der Waals surface area contributed by atoms with E-state index in [0.717, 1.165) is 6.07 Å². The van der Waals surface area contributed by atoms with Crippen molar-refractivity contribution >= 4 is 5.65 Å². The molecule has 0 unspecified atom stereocenters. The van der Waals surface area contributed by atoms with Gasteiger partial charge in [0, 0.05) is 12.5 Å². The highest BCUT2D eigenvalue weighted by molar-refractivity contribution is 5.54. The summed E-state index contributed by atoms with van der Waals surface area (Å²) in [6, 6.07) is 3.11. The van der Waals surface area contributed by atoms with Crippen molar-refractivity contribution in [2.75, 3.05) is 0 Å². The van der Waals surface area contributed by atoms with Crippen LogP contribution < -0.4 is 0 Å². The molecular weight excluding hydrogens is 354 g/mol. The maximum Gasteiger partial charge on any atom is 0.296 e. The van der Waals surface area contributed by atoms with Crippen molar-refractivity contribution in [3.8, 4) is 11.5 Å². The molecule has 1 aromatic carbocycles. The van der Waals surface area contributed by atoms with E-state index in [1.165, 1.54) is 29.2 Å². The molecule has 0 amide bonds. The second-order valence-corrected chi connectivity index (χ2v) is 5.40. The lowest BCUT2D eigenvalue weighted by atomic mass is 10.1. The third-order valence-electron chi connectivity index (χ3n) is 3.56. The third-order valence-corrected chi connectivity index (χ3v) is 3.56. The molecule has 0 radical (unpaired) electrons. The molecule has 3 aromatic heterocycles. The van der Waals surface area contributed by atoms with Crippen molar-refractivity contribution in [1.29, 1.82) is 0 Å². The molecule has 0 atom stereocenters. The molecule has 26 heavy (non-hydrogen) atoms. The molecule has 3 heterocycles. The van der Waals surface area contributed by atoms with E-state index in [0.29, 0.717) is 16.9 Å². The molecule has 0 spiro atoms. The van der Waals surface area contributed by atoms with E-state index in [1.54, 1.807) is 0 Å². The number of aromatic nitrogens is 7. The molecule has 0 saturated heterocycles. The summed E-state index contributed by atoms with van der Waals surface area (Å²) < 4.78 is 53.6. The molecule has 0 aliphatic rings. The lowest BCUT2D eigenvalue weighted by molar-refractivity contribution is 0.141. The van der Waals surface area contributed by atoms with Gasteiger partial charge in [0.15, 0.2) is 11.5 Å². The summed E-state index contributed by atoms with van der Waals surface area (Å²) in [5, 5.41) is 9.84. The average Bonchev–Trinajstić information content (AvgIpc) is 3.23. The zero-order valence-electron chi connectivity index (χ0n) is 12.9. The number of halogens is 4. The molecule has 1 N–H and O–H groups in total. The largest absolute Gasteiger partial charge is 0.296 e. The van der Waals surface area contributed by atoms with E-state index in [1.807, 2.05) is 0 Å². The number of nitrogens with zero attached hydrogens (tertiary/aromatic N) is 6. The Labute approximate surface area is 142 Å². The van der Waals surface area contributed by atoms with Gasteiger partial charge in [-0.2, -0.15) is 10.2 Å². The molecule has 0 aliphatic heterocycles. The monoisotopic (exact) mass is 363 g/mol. The lowest BCUT2D eigenvalue weighted by Gasteiger charge is -2.06. The number of aromatic amines is 1. The molecule has 0 saturated carbocycles. The van der Waals surface area contributed by atoms with Crippen molar-refractivity contribution in [2.45, 2.75) is 12.8 Å². The molecule has 4 rings (SSSR count). The fourth-order valence-corrected chi connectivity index (χ4v) is 2.51. The summed E-state index contributed by atoms with van der Waals surface area (Å²) >= 11 is 0. The third kappa shape index (κ3) is 2.98. The Morgan fingerprint density at radius 2 is 1.85 bits per heavy atom. The fourth-order valence-electron chi connectivity index (χ4n) is 2.51. The number of fused-ring (bicyclic) bond motifs is 1. The molecule has 132 valence electrons. The fraction of sp³-hybridized carbons (Fsp3) is 0.133. The first-order chi connectivity index (χ1) is 12.5. The molecule has 0 fully saturated rings. The quantitative estimate of drug-likeness (QED) is 0.564. The van der Waals surface area contributed by atoms with Crippen LogP contribution >= 0.6 is 0 Å². The number of alkyl halides is 2. The summed E-state index contributed by atoms with van der Waals surface area (Å²) in [5.41, 5.74) is 1.20. The van der Waals surface area contributed by atoms with Gasteiger partial charge in [-0.1, -0.05) is 0 Å². The number of benzene rings is 1. The average molecular weight is 363 g/mol. The number of H-pyrrole nitrogens is 1. The van der Waals surface area contributed by atoms with Crippen molar-refractivity contribution in [3.63, 3.8) is 0 Å². The van der Waals surface area contributed by atoms with E-state index >= 15 is 0 Å². The lowest BCUT2D eigenvalue weighted by Crippen LogP contribution is -2.03. The smallest absolute Gasteiger partial charge is 0.258 e. The highest BCUT2D eigenvalue weighted by atomic mass is 19.3. The van der Waals surface area contributed by atoms with Crippen LogP contribution in [0.25, 0.3) is 17.2 Å². The minimum absolute atomic E-state index is 0.0515. The van der Waals surface area contributed by atoms with Crippen LogP contribution in [-0.4, -0.2) is 34.8 Å². The summed E-state index contributed by atoms with van der Waals surface area (Å²) in [4.78, 5) is 12.1. The summed E-state index contributed by atoms with van der Waals surface area (Å²) in [6.45, 7) is 0. The van der Waals surface area contributed by atoms with Crippen molar-refractivity contribution in [1.82, 2.24) is 34.8 Å². The Kier molecular flexibility index (Phi) is 3.82. The Balaban J connectivity index is 1.79. The Bertz CT molecular complexity index is 1070. The van der Waals surface area contributed by atoms with Crippen LogP contribution in [0, 0.1) is 11.6 Å². The molecule has 7 nitrogen and oxygen atoms in total. The zero-order valence-corrected chi connectivity index (χ0v) is 12.9.